The SMILES string of the molecule is O=C(O)c1ccc(N(c2cccc(-c3ccccc3)c2N(c2ccc(C(=O)O)cc2)c2cccc3ccccc23)c2cccc3ccccc23)cc1. The zero-order chi connectivity index (χ0) is 35.6. The van der Waals surface area contributed by atoms with E-state index in [4.69, 9.17) is 0 Å². The molecule has 0 spiro atoms. The molecule has 2 N–H and O–H groups in total. The number of carboxylic acid groups (broad SMARTS) is 2. The number of rotatable bonds is 9. The second-order valence-corrected chi connectivity index (χ2v) is 12.4. The summed E-state index contributed by atoms with van der Waals surface area (Å²) in [5.74, 6) is -2.00. The lowest BCUT2D eigenvalue weighted by molar-refractivity contribution is 0.0686. The van der Waals surface area contributed by atoms with Gasteiger partial charge < -0.3 is 20.0 Å². The van der Waals surface area contributed by atoms with Gasteiger partial charge in [0.15, 0.2) is 0 Å². The van der Waals surface area contributed by atoms with Crippen LogP contribution in [0, 0.1) is 0 Å². The zero-order valence-electron chi connectivity index (χ0n) is 27.9. The summed E-state index contributed by atoms with van der Waals surface area (Å²) in [5.41, 5.74) is 7.35. The summed E-state index contributed by atoms with van der Waals surface area (Å²) in [7, 11) is 0. The molecular weight excluding hydrogens is 645 g/mol. The van der Waals surface area contributed by atoms with Crippen molar-refractivity contribution >= 4 is 67.6 Å². The van der Waals surface area contributed by atoms with Crippen LogP contribution in [0.15, 0.2) is 182 Å². The van der Waals surface area contributed by atoms with Crippen molar-refractivity contribution in [3.63, 3.8) is 0 Å². The number of hydrogen-bond donors (Lipinski definition) is 2. The number of fused-ring (bicyclic) bond motifs is 2. The van der Waals surface area contributed by atoms with E-state index in [-0.39, 0.29) is 11.1 Å². The summed E-state index contributed by atoms with van der Waals surface area (Å²) >= 11 is 0. The van der Waals surface area contributed by atoms with Crippen LogP contribution in [0.4, 0.5) is 34.1 Å². The molecule has 0 aliphatic heterocycles. The van der Waals surface area contributed by atoms with E-state index in [0.29, 0.717) is 0 Å². The van der Waals surface area contributed by atoms with Gasteiger partial charge in [-0.05, 0) is 83.1 Å². The maximum atomic E-state index is 12.0. The van der Waals surface area contributed by atoms with Crippen molar-refractivity contribution < 1.29 is 19.8 Å². The summed E-state index contributed by atoms with van der Waals surface area (Å²) in [5, 5.41) is 23.8. The van der Waals surface area contributed by atoms with Crippen molar-refractivity contribution in [2.24, 2.45) is 0 Å². The van der Waals surface area contributed by atoms with Gasteiger partial charge in [0.05, 0.1) is 33.9 Å². The molecule has 0 bridgehead atoms. The standard InChI is InChI=1S/C46H32N2O4/c49-45(50)34-23-27-36(28-24-34)47(41-20-8-15-31-13-4-6-17-38(31)41)43-22-10-19-40(33-11-2-1-3-12-33)44(43)48(37-29-25-35(26-30-37)46(51)52)42-21-9-16-32-14-5-7-18-39(32)42/h1-30H,(H,49,50)(H,51,52). The minimum atomic E-state index is -0.999. The molecule has 0 saturated heterocycles. The molecule has 0 amide bonds. The second-order valence-electron chi connectivity index (χ2n) is 12.4. The molecule has 8 rings (SSSR count). The predicted molar refractivity (Wildman–Crippen MR) is 210 cm³/mol. The summed E-state index contributed by atoms with van der Waals surface area (Å²) in [6.07, 6.45) is 0. The number of anilines is 6. The van der Waals surface area contributed by atoms with Crippen molar-refractivity contribution in [3.8, 4) is 11.1 Å². The van der Waals surface area contributed by atoms with Crippen LogP contribution in [-0.2, 0) is 0 Å². The van der Waals surface area contributed by atoms with Gasteiger partial charge in [0, 0.05) is 27.7 Å². The van der Waals surface area contributed by atoms with E-state index in [0.717, 1.165) is 66.8 Å². The Balaban J connectivity index is 1.51. The van der Waals surface area contributed by atoms with Gasteiger partial charge in [0.2, 0.25) is 0 Å². The van der Waals surface area contributed by atoms with E-state index in [1.165, 1.54) is 0 Å². The number of carboxylic acids is 2. The summed E-state index contributed by atoms with van der Waals surface area (Å²) < 4.78 is 0. The van der Waals surface area contributed by atoms with Crippen LogP contribution in [-0.4, -0.2) is 22.2 Å². The molecule has 0 fully saturated rings. The van der Waals surface area contributed by atoms with E-state index in [9.17, 15) is 19.8 Å². The molecule has 0 aromatic heterocycles. The van der Waals surface area contributed by atoms with Gasteiger partial charge in [-0.25, -0.2) is 9.59 Å². The molecule has 6 nitrogen and oxygen atoms in total. The van der Waals surface area contributed by atoms with Crippen molar-refractivity contribution in [3.05, 3.63) is 193 Å². The molecule has 250 valence electrons. The van der Waals surface area contributed by atoms with E-state index in [2.05, 4.69) is 82.6 Å². The lowest BCUT2D eigenvalue weighted by Gasteiger charge is -2.35. The molecule has 8 aromatic carbocycles. The third-order valence-electron chi connectivity index (χ3n) is 9.32. The molecule has 0 radical (unpaired) electrons. The van der Waals surface area contributed by atoms with Gasteiger partial charge in [-0.15, -0.1) is 0 Å². The van der Waals surface area contributed by atoms with Crippen LogP contribution in [0.2, 0.25) is 0 Å². The highest BCUT2D eigenvalue weighted by atomic mass is 16.4. The Morgan fingerprint density at radius 2 is 0.808 bits per heavy atom. The number of nitrogens with zero attached hydrogens (tertiary/aromatic N) is 2. The quantitative estimate of drug-likeness (QED) is 0.158. The van der Waals surface area contributed by atoms with Crippen LogP contribution in [0.25, 0.3) is 32.7 Å². The van der Waals surface area contributed by atoms with Crippen LogP contribution in [0.1, 0.15) is 20.7 Å². The molecule has 0 unspecified atom stereocenters. The monoisotopic (exact) mass is 676 g/mol. The Morgan fingerprint density at radius 1 is 0.385 bits per heavy atom. The van der Waals surface area contributed by atoms with Gasteiger partial charge in [0.25, 0.3) is 0 Å². The molecule has 0 atom stereocenters. The van der Waals surface area contributed by atoms with Crippen molar-refractivity contribution in [1.82, 2.24) is 0 Å². The van der Waals surface area contributed by atoms with Crippen LogP contribution in [0.3, 0.4) is 0 Å². The van der Waals surface area contributed by atoms with E-state index in [1.807, 2.05) is 84.9 Å². The summed E-state index contributed by atoms with van der Waals surface area (Å²) in [4.78, 5) is 28.4. The second kappa shape index (κ2) is 13.6. The fourth-order valence-electron chi connectivity index (χ4n) is 6.91. The first-order valence-electron chi connectivity index (χ1n) is 16.9. The van der Waals surface area contributed by atoms with Crippen LogP contribution >= 0.6 is 0 Å². The number of carbonyl (C=O) groups is 2. The van der Waals surface area contributed by atoms with Gasteiger partial charge in [-0.1, -0.05) is 115 Å². The van der Waals surface area contributed by atoms with Crippen molar-refractivity contribution in [2.75, 3.05) is 9.80 Å². The molecule has 0 aliphatic carbocycles. The average molecular weight is 677 g/mol. The first kappa shape index (κ1) is 32.0. The molecular formula is C46H32N2O4. The topological polar surface area (TPSA) is 81.1 Å². The first-order valence-corrected chi connectivity index (χ1v) is 16.9. The van der Waals surface area contributed by atoms with Gasteiger partial charge in [-0.2, -0.15) is 0 Å². The fourth-order valence-corrected chi connectivity index (χ4v) is 6.91. The van der Waals surface area contributed by atoms with Gasteiger partial charge in [-0.3, -0.25) is 0 Å². The Bertz CT molecular complexity index is 2570. The van der Waals surface area contributed by atoms with Crippen LogP contribution < -0.4 is 9.80 Å². The minimum absolute atomic E-state index is 0.189. The predicted octanol–water partition coefficient (Wildman–Crippen LogP) is 12.0. The molecule has 6 heteroatoms. The molecule has 8 aromatic rings. The van der Waals surface area contributed by atoms with Crippen molar-refractivity contribution in [2.45, 2.75) is 0 Å². The lowest BCUT2D eigenvalue weighted by Crippen LogP contribution is -2.18. The van der Waals surface area contributed by atoms with Crippen molar-refractivity contribution in [1.29, 1.82) is 0 Å². The fraction of sp³-hybridized carbons (Fsp3) is 0. The maximum Gasteiger partial charge on any atom is 0.335 e. The zero-order valence-corrected chi connectivity index (χ0v) is 27.9. The Hall–Kier alpha value is -7.18. The lowest BCUT2D eigenvalue weighted by atomic mass is 9.97. The highest BCUT2D eigenvalue weighted by molar-refractivity contribution is 6.08. The van der Waals surface area contributed by atoms with Gasteiger partial charge >= 0.3 is 11.9 Å². The molecule has 0 saturated carbocycles. The molecule has 0 heterocycles. The molecule has 0 aliphatic rings. The average Bonchev–Trinajstić information content (AvgIpc) is 3.19. The van der Waals surface area contributed by atoms with E-state index in [1.54, 1.807) is 24.3 Å². The maximum absolute atomic E-state index is 12.0. The highest BCUT2D eigenvalue weighted by Gasteiger charge is 2.27. The Kier molecular flexibility index (Phi) is 8.39. The largest absolute Gasteiger partial charge is 0.478 e. The highest BCUT2D eigenvalue weighted by Crippen LogP contribution is 2.52. The Labute approximate surface area is 300 Å². The number of para-hydroxylation sites is 1. The minimum Gasteiger partial charge on any atom is -0.478 e. The van der Waals surface area contributed by atoms with Crippen LogP contribution in [0.5, 0.6) is 0 Å². The number of benzene rings is 8. The smallest absolute Gasteiger partial charge is 0.335 e. The third-order valence-corrected chi connectivity index (χ3v) is 9.32. The summed E-state index contributed by atoms with van der Waals surface area (Å²) in [6.45, 7) is 0. The number of hydrogen-bond acceptors (Lipinski definition) is 4. The normalized spacial score (nSPS) is 11.0. The van der Waals surface area contributed by atoms with E-state index < -0.39 is 11.9 Å². The Morgan fingerprint density at radius 3 is 1.35 bits per heavy atom. The first-order chi connectivity index (χ1) is 25.5. The molecule has 52 heavy (non-hydrogen) atoms. The summed E-state index contributed by atoms with van der Waals surface area (Å²) in [6, 6.07) is 59.2. The third kappa shape index (κ3) is 5.88. The van der Waals surface area contributed by atoms with Gasteiger partial charge in [0.1, 0.15) is 0 Å². The van der Waals surface area contributed by atoms with E-state index >= 15 is 0 Å². The number of aromatic carboxylic acids is 2.